The summed E-state index contributed by atoms with van der Waals surface area (Å²) in [5.74, 6) is 3.01. The lowest BCUT2D eigenvalue weighted by atomic mass is 9.95. The van der Waals surface area contributed by atoms with Gasteiger partial charge in [-0.1, -0.05) is 0 Å². The van der Waals surface area contributed by atoms with Crippen LogP contribution in [0.5, 0.6) is 0 Å². The molecular formula is C17H28N4O2S. The molecule has 0 bridgehead atoms. The van der Waals surface area contributed by atoms with Crippen LogP contribution in [-0.4, -0.2) is 64.9 Å². The Kier molecular flexibility index (Phi) is 6.19. The van der Waals surface area contributed by atoms with E-state index in [2.05, 4.69) is 10.4 Å². The predicted octanol–water partition coefficient (Wildman–Crippen LogP) is 1.44. The summed E-state index contributed by atoms with van der Waals surface area (Å²) in [6, 6.07) is 0.704. The minimum absolute atomic E-state index is 0.104. The number of methoxy groups -OCH3 is 1. The lowest BCUT2D eigenvalue weighted by Crippen LogP contribution is -2.38. The Morgan fingerprint density at radius 2 is 2.21 bits per heavy atom. The van der Waals surface area contributed by atoms with Crippen LogP contribution in [0.15, 0.2) is 12.4 Å². The highest BCUT2D eigenvalue weighted by molar-refractivity contribution is 7.99. The molecule has 2 fully saturated rings. The van der Waals surface area contributed by atoms with E-state index >= 15 is 0 Å². The van der Waals surface area contributed by atoms with E-state index in [1.807, 2.05) is 40.8 Å². The highest BCUT2D eigenvalue weighted by Gasteiger charge is 2.40. The van der Waals surface area contributed by atoms with Crippen LogP contribution in [0.4, 0.5) is 0 Å². The van der Waals surface area contributed by atoms with Crippen molar-refractivity contribution in [2.45, 2.75) is 31.3 Å². The summed E-state index contributed by atoms with van der Waals surface area (Å²) in [4.78, 5) is 14.5. The van der Waals surface area contributed by atoms with Crippen LogP contribution in [-0.2, 0) is 16.6 Å². The third-order valence-electron chi connectivity index (χ3n) is 5.03. The number of rotatable bonds is 7. The van der Waals surface area contributed by atoms with Gasteiger partial charge in [0.15, 0.2) is 0 Å². The molecule has 0 unspecified atom stereocenters. The van der Waals surface area contributed by atoms with Crippen LogP contribution >= 0.6 is 11.8 Å². The number of ether oxygens (including phenoxy) is 1. The third-order valence-corrected chi connectivity index (χ3v) is 6.08. The van der Waals surface area contributed by atoms with Gasteiger partial charge in [-0.05, 0) is 24.3 Å². The predicted molar refractivity (Wildman–Crippen MR) is 96.0 cm³/mol. The number of hydrogen-bond donors (Lipinski definition) is 1. The van der Waals surface area contributed by atoms with E-state index < -0.39 is 0 Å². The van der Waals surface area contributed by atoms with Crippen LogP contribution in [0.3, 0.4) is 0 Å². The average Bonchev–Trinajstić information content (AvgIpc) is 3.15. The second kappa shape index (κ2) is 8.36. The smallest absolute Gasteiger partial charge is 0.223 e. The van der Waals surface area contributed by atoms with E-state index in [1.54, 1.807) is 7.11 Å². The van der Waals surface area contributed by atoms with E-state index in [-0.39, 0.29) is 11.9 Å². The first-order valence-electron chi connectivity index (χ1n) is 8.77. The largest absolute Gasteiger partial charge is 0.383 e. The number of carbonyl (C=O) groups excluding carboxylic acids is 1. The van der Waals surface area contributed by atoms with Crippen LogP contribution in [0.25, 0.3) is 0 Å². The van der Waals surface area contributed by atoms with Crippen molar-refractivity contribution in [1.29, 1.82) is 0 Å². The van der Waals surface area contributed by atoms with Crippen LogP contribution in [0.2, 0.25) is 0 Å². The van der Waals surface area contributed by atoms with Gasteiger partial charge in [0.1, 0.15) is 0 Å². The molecule has 3 rings (SSSR count). The standard InChI is InChI=1S/C17H28N4O2S/c1-20-12-14(11-19-20)17-13(9-16(22)21(17)5-6-23-2)10-18-15-3-7-24-8-4-15/h11-13,15,17-18H,3-10H2,1-2H3/t13-,17+/m0/s1. The fourth-order valence-electron chi connectivity index (χ4n) is 3.76. The highest BCUT2D eigenvalue weighted by atomic mass is 32.2. The summed E-state index contributed by atoms with van der Waals surface area (Å²) < 4.78 is 7.01. The second-order valence-electron chi connectivity index (χ2n) is 6.73. The highest BCUT2D eigenvalue weighted by Crippen LogP contribution is 2.37. The van der Waals surface area contributed by atoms with Gasteiger partial charge in [0.05, 0.1) is 18.8 Å². The molecular weight excluding hydrogens is 324 g/mol. The van der Waals surface area contributed by atoms with E-state index in [0.29, 0.717) is 31.5 Å². The van der Waals surface area contributed by atoms with Gasteiger partial charge in [-0.25, -0.2) is 0 Å². The number of aryl methyl sites for hydroxylation is 1. The number of carbonyl (C=O) groups is 1. The Bertz CT molecular complexity index is 544. The maximum absolute atomic E-state index is 12.5. The van der Waals surface area contributed by atoms with Gasteiger partial charge < -0.3 is 15.0 Å². The minimum Gasteiger partial charge on any atom is -0.383 e. The number of amides is 1. The molecule has 0 saturated carbocycles. The van der Waals surface area contributed by atoms with Crippen molar-refractivity contribution < 1.29 is 9.53 Å². The zero-order chi connectivity index (χ0) is 16.9. The van der Waals surface area contributed by atoms with Crippen molar-refractivity contribution in [3.05, 3.63) is 18.0 Å². The van der Waals surface area contributed by atoms with E-state index in [1.165, 1.54) is 24.3 Å². The zero-order valence-corrected chi connectivity index (χ0v) is 15.4. The zero-order valence-electron chi connectivity index (χ0n) is 14.6. The molecule has 0 radical (unpaired) electrons. The molecule has 2 aliphatic heterocycles. The molecule has 3 heterocycles. The van der Waals surface area contributed by atoms with Gasteiger partial charge in [-0.15, -0.1) is 0 Å². The molecule has 2 saturated heterocycles. The van der Waals surface area contributed by atoms with Gasteiger partial charge in [0, 0.05) is 57.4 Å². The van der Waals surface area contributed by atoms with Crippen LogP contribution < -0.4 is 5.32 Å². The molecule has 2 atom stereocenters. The summed E-state index contributed by atoms with van der Waals surface area (Å²) in [6.07, 6.45) is 7.00. The molecule has 24 heavy (non-hydrogen) atoms. The first-order valence-corrected chi connectivity index (χ1v) is 9.92. The van der Waals surface area contributed by atoms with Crippen molar-refractivity contribution >= 4 is 17.7 Å². The maximum Gasteiger partial charge on any atom is 0.223 e. The van der Waals surface area contributed by atoms with Crippen molar-refractivity contribution in [2.24, 2.45) is 13.0 Å². The number of nitrogens with zero attached hydrogens (tertiary/aromatic N) is 3. The molecule has 0 spiro atoms. The van der Waals surface area contributed by atoms with Crippen LogP contribution in [0.1, 0.15) is 30.9 Å². The molecule has 0 aliphatic carbocycles. The fraction of sp³-hybridized carbons (Fsp3) is 0.765. The fourth-order valence-corrected chi connectivity index (χ4v) is 4.87. The Morgan fingerprint density at radius 3 is 2.88 bits per heavy atom. The van der Waals surface area contributed by atoms with E-state index in [9.17, 15) is 4.79 Å². The first kappa shape index (κ1) is 17.8. The number of likely N-dealkylation sites (tertiary alicyclic amines) is 1. The Labute approximate surface area is 148 Å². The van der Waals surface area contributed by atoms with Crippen LogP contribution in [0, 0.1) is 5.92 Å². The monoisotopic (exact) mass is 352 g/mol. The van der Waals surface area contributed by atoms with Gasteiger partial charge >= 0.3 is 0 Å². The lowest BCUT2D eigenvalue weighted by molar-refractivity contribution is -0.129. The molecule has 1 aromatic rings. The van der Waals surface area contributed by atoms with Crippen molar-refractivity contribution in [2.75, 3.05) is 38.3 Å². The molecule has 0 aromatic carbocycles. The molecule has 1 aromatic heterocycles. The van der Waals surface area contributed by atoms with Gasteiger partial charge in [-0.2, -0.15) is 16.9 Å². The van der Waals surface area contributed by atoms with Crippen molar-refractivity contribution in [3.63, 3.8) is 0 Å². The van der Waals surface area contributed by atoms with Crippen molar-refractivity contribution in [3.8, 4) is 0 Å². The summed E-state index contributed by atoms with van der Waals surface area (Å²) in [5, 5.41) is 8.03. The topological polar surface area (TPSA) is 59.4 Å². The Morgan fingerprint density at radius 1 is 1.42 bits per heavy atom. The van der Waals surface area contributed by atoms with Crippen molar-refractivity contribution in [1.82, 2.24) is 20.0 Å². The first-order chi connectivity index (χ1) is 11.7. The number of hydrogen-bond acceptors (Lipinski definition) is 5. The molecule has 7 heteroatoms. The SMILES string of the molecule is COCCN1C(=O)C[C@@H](CNC2CCSCC2)[C@@H]1c1cnn(C)c1. The quantitative estimate of drug-likeness (QED) is 0.805. The number of nitrogens with one attached hydrogen (secondary N) is 1. The Balaban J connectivity index is 1.69. The summed E-state index contributed by atoms with van der Waals surface area (Å²) in [6.45, 7) is 2.11. The number of thioether (sulfide) groups is 1. The molecule has 1 N–H and O–H groups in total. The number of aromatic nitrogens is 2. The second-order valence-corrected chi connectivity index (χ2v) is 7.96. The third kappa shape index (κ3) is 4.13. The maximum atomic E-state index is 12.5. The minimum atomic E-state index is 0.104. The van der Waals surface area contributed by atoms with Gasteiger partial charge in [0.25, 0.3) is 0 Å². The molecule has 1 amide bonds. The van der Waals surface area contributed by atoms with E-state index in [4.69, 9.17) is 4.74 Å². The summed E-state index contributed by atoms with van der Waals surface area (Å²) in [5.41, 5.74) is 1.13. The van der Waals surface area contributed by atoms with Gasteiger partial charge in [-0.3, -0.25) is 9.48 Å². The normalized spacial score (nSPS) is 25.6. The average molecular weight is 353 g/mol. The summed E-state index contributed by atoms with van der Waals surface area (Å²) >= 11 is 2.04. The van der Waals surface area contributed by atoms with Gasteiger partial charge in [0.2, 0.25) is 5.91 Å². The lowest BCUT2D eigenvalue weighted by Gasteiger charge is -2.29. The molecule has 134 valence electrons. The Hall–Kier alpha value is -1.05. The molecule has 2 aliphatic rings. The summed E-state index contributed by atoms with van der Waals surface area (Å²) in [7, 11) is 3.60. The molecule has 6 nitrogen and oxygen atoms in total. The van der Waals surface area contributed by atoms with E-state index in [0.717, 1.165) is 12.1 Å².